The van der Waals surface area contributed by atoms with Gasteiger partial charge >= 0.3 is 0 Å². The van der Waals surface area contributed by atoms with Crippen molar-refractivity contribution in [2.24, 2.45) is 0 Å². The molecule has 47 heavy (non-hydrogen) atoms. The minimum Gasteiger partial charge on any atom is -0.379 e. The molecule has 0 saturated carbocycles. The quantitative estimate of drug-likeness (QED) is 0.387. The highest BCUT2D eigenvalue weighted by atomic mass is 35.5. The number of aryl methyl sites for hydroxylation is 1. The molecule has 4 aliphatic rings. The lowest BCUT2D eigenvalue weighted by Crippen LogP contribution is -2.52. The fourth-order valence-corrected chi connectivity index (χ4v) is 8.20. The van der Waals surface area contributed by atoms with E-state index in [1.807, 2.05) is 17.0 Å². The van der Waals surface area contributed by atoms with Gasteiger partial charge in [-0.15, -0.1) is 0 Å². The fourth-order valence-electron chi connectivity index (χ4n) is 7.19. The van der Waals surface area contributed by atoms with Gasteiger partial charge < -0.3 is 19.7 Å². The van der Waals surface area contributed by atoms with Gasteiger partial charge in [0.25, 0.3) is 0 Å². The van der Waals surface area contributed by atoms with Gasteiger partial charge in [0.05, 0.1) is 44.4 Å². The summed E-state index contributed by atoms with van der Waals surface area (Å²) in [6.45, 7) is 9.01. The van der Waals surface area contributed by atoms with E-state index in [4.69, 9.17) is 26.2 Å². The van der Waals surface area contributed by atoms with Crippen molar-refractivity contribution in [3.8, 4) is 22.4 Å². The smallest absolute Gasteiger partial charge is 0.240 e. The molecule has 4 aliphatic heterocycles. The van der Waals surface area contributed by atoms with Gasteiger partial charge in [0.2, 0.25) is 15.9 Å². The molecular formula is C34H43ClN6O5S. The van der Waals surface area contributed by atoms with Gasteiger partial charge in [-0.05, 0) is 47.7 Å². The summed E-state index contributed by atoms with van der Waals surface area (Å²) in [5, 5.41) is 9.20. The van der Waals surface area contributed by atoms with Crippen molar-refractivity contribution < 1.29 is 22.7 Å². The Balaban J connectivity index is 1.14. The summed E-state index contributed by atoms with van der Waals surface area (Å²) >= 11 is 6.82. The van der Waals surface area contributed by atoms with Crippen molar-refractivity contribution in [2.75, 3.05) is 72.0 Å². The van der Waals surface area contributed by atoms with Crippen molar-refractivity contribution >= 4 is 27.5 Å². The van der Waals surface area contributed by atoms with Crippen LogP contribution in [0.2, 0.25) is 5.02 Å². The summed E-state index contributed by atoms with van der Waals surface area (Å²) in [6.07, 6.45) is 3.50. The predicted molar refractivity (Wildman–Crippen MR) is 181 cm³/mol. The molecule has 13 heteroatoms. The second-order valence-electron chi connectivity index (χ2n) is 12.9. The Morgan fingerprint density at radius 3 is 2.47 bits per heavy atom. The molecule has 2 fully saturated rings. The van der Waals surface area contributed by atoms with E-state index in [0.29, 0.717) is 63.8 Å². The average Bonchev–Trinajstić information content (AvgIpc) is 3.46. The summed E-state index contributed by atoms with van der Waals surface area (Å²) in [6, 6.07) is 12.1. The first-order valence-electron chi connectivity index (χ1n) is 16.6. The van der Waals surface area contributed by atoms with E-state index in [2.05, 4.69) is 39.2 Å². The lowest BCUT2D eigenvalue weighted by atomic mass is 9.91. The summed E-state index contributed by atoms with van der Waals surface area (Å²) < 4.78 is 39.7. The Morgan fingerprint density at radius 1 is 0.957 bits per heavy atom. The monoisotopic (exact) mass is 682 g/mol. The van der Waals surface area contributed by atoms with E-state index in [-0.39, 0.29) is 11.9 Å². The Morgan fingerprint density at radius 2 is 1.70 bits per heavy atom. The van der Waals surface area contributed by atoms with Crippen molar-refractivity contribution in [3.63, 3.8) is 0 Å². The normalized spacial score (nSPS) is 21.0. The molecule has 11 nitrogen and oxygen atoms in total. The second-order valence-corrected chi connectivity index (χ2v) is 15.3. The molecule has 1 N–H and O–H groups in total. The number of hydrogen-bond donors (Lipinski definition) is 1. The molecule has 0 radical (unpaired) electrons. The van der Waals surface area contributed by atoms with Crippen LogP contribution in [0.15, 0.2) is 36.4 Å². The minimum absolute atomic E-state index is 0.136. The van der Waals surface area contributed by atoms with Crippen molar-refractivity contribution in [1.29, 1.82) is 0 Å². The van der Waals surface area contributed by atoms with Gasteiger partial charge in [-0.1, -0.05) is 29.8 Å². The summed E-state index contributed by atoms with van der Waals surface area (Å²) in [7, 11) is -3.35. The number of aromatic nitrogens is 2. The average molecular weight is 683 g/mol. The van der Waals surface area contributed by atoms with Crippen LogP contribution in [0.4, 0.5) is 0 Å². The SMILES string of the molecule is CS(=O)(=O)N1CCc2c(c(-c3ccc(Cl)c(-c4ccc5c(c4)CNC(C(=O)N4CCOCC4)C5)c3)nn2CCCN2CCOCC2)C1. The minimum atomic E-state index is -3.35. The van der Waals surface area contributed by atoms with Crippen LogP contribution in [0.5, 0.6) is 0 Å². The molecule has 5 heterocycles. The van der Waals surface area contributed by atoms with E-state index in [9.17, 15) is 13.2 Å². The number of halogens is 1. The second kappa shape index (κ2) is 13.9. The molecule has 1 unspecified atom stereocenters. The number of ether oxygens (including phenoxy) is 2. The number of hydrogen-bond acceptors (Lipinski definition) is 8. The third-order valence-corrected chi connectivity index (χ3v) is 11.4. The predicted octanol–water partition coefficient (Wildman–Crippen LogP) is 2.78. The third kappa shape index (κ3) is 7.15. The molecule has 0 spiro atoms. The summed E-state index contributed by atoms with van der Waals surface area (Å²) in [4.78, 5) is 17.4. The number of fused-ring (bicyclic) bond motifs is 2. The molecular weight excluding hydrogens is 640 g/mol. The molecule has 1 aromatic heterocycles. The highest BCUT2D eigenvalue weighted by Crippen LogP contribution is 2.37. The van der Waals surface area contributed by atoms with Crippen LogP contribution in [0.25, 0.3) is 22.4 Å². The van der Waals surface area contributed by atoms with Crippen molar-refractivity contribution in [3.05, 3.63) is 63.8 Å². The maximum atomic E-state index is 13.1. The number of sulfonamides is 1. The zero-order valence-electron chi connectivity index (χ0n) is 26.9. The highest BCUT2D eigenvalue weighted by Gasteiger charge is 2.31. The first-order valence-corrected chi connectivity index (χ1v) is 18.8. The molecule has 0 aliphatic carbocycles. The standard InChI is InChI=1S/C34H43ClN6O5S/c1-47(43,44)40-10-7-32-29(23-40)33(37-41(32)9-2-8-38-11-15-45-16-12-38)26-5-6-30(35)28(20-26)25-4-3-24-21-31(36-22-27(24)19-25)34(42)39-13-17-46-18-14-39/h3-6,19-20,31,36H,2,7-18,21-23H2,1H3. The number of carbonyl (C=O) groups excluding carboxylic acids is 1. The number of morpholine rings is 2. The van der Waals surface area contributed by atoms with Gasteiger partial charge in [0.1, 0.15) is 0 Å². The molecule has 2 aromatic carbocycles. The zero-order chi connectivity index (χ0) is 32.5. The van der Waals surface area contributed by atoms with Crippen LogP contribution in [0, 0.1) is 0 Å². The largest absolute Gasteiger partial charge is 0.379 e. The molecule has 1 amide bonds. The van der Waals surface area contributed by atoms with Crippen LogP contribution in [0.1, 0.15) is 28.8 Å². The van der Waals surface area contributed by atoms with E-state index < -0.39 is 10.0 Å². The molecule has 0 bridgehead atoms. The van der Waals surface area contributed by atoms with Crippen LogP contribution >= 0.6 is 11.6 Å². The maximum Gasteiger partial charge on any atom is 0.240 e. The Kier molecular flexibility index (Phi) is 9.70. The third-order valence-electron chi connectivity index (χ3n) is 9.86. The number of nitrogens with zero attached hydrogens (tertiary/aromatic N) is 5. The molecule has 7 rings (SSSR count). The van der Waals surface area contributed by atoms with E-state index in [0.717, 1.165) is 90.6 Å². The Labute approximate surface area is 281 Å². The van der Waals surface area contributed by atoms with E-state index >= 15 is 0 Å². The van der Waals surface area contributed by atoms with E-state index in [1.165, 1.54) is 6.26 Å². The lowest BCUT2D eigenvalue weighted by Gasteiger charge is -2.33. The van der Waals surface area contributed by atoms with Crippen LogP contribution in [-0.4, -0.2) is 116 Å². The molecule has 2 saturated heterocycles. The number of rotatable bonds is 8. The lowest BCUT2D eigenvalue weighted by molar-refractivity contribution is -0.137. The molecule has 1 atom stereocenters. The van der Waals surface area contributed by atoms with E-state index in [1.54, 1.807) is 4.31 Å². The Hall–Kier alpha value is -2.84. The fraction of sp³-hybridized carbons (Fsp3) is 0.529. The van der Waals surface area contributed by atoms with Gasteiger partial charge in [0, 0.05) is 92.7 Å². The first-order chi connectivity index (χ1) is 22.7. The van der Waals surface area contributed by atoms with Crippen LogP contribution < -0.4 is 5.32 Å². The highest BCUT2D eigenvalue weighted by molar-refractivity contribution is 7.88. The summed E-state index contributed by atoms with van der Waals surface area (Å²) in [5.74, 6) is 0.136. The van der Waals surface area contributed by atoms with Gasteiger partial charge in [-0.3, -0.25) is 14.4 Å². The number of amides is 1. The molecule has 252 valence electrons. The van der Waals surface area contributed by atoms with Gasteiger partial charge in [-0.2, -0.15) is 9.40 Å². The molecule has 3 aromatic rings. The number of benzene rings is 2. The van der Waals surface area contributed by atoms with Crippen molar-refractivity contribution in [2.45, 2.75) is 44.9 Å². The summed E-state index contributed by atoms with van der Waals surface area (Å²) in [5.41, 5.74) is 8.00. The number of carbonyl (C=O) groups is 1. The Bertz CT molecular complexity index is 1730. The van der Waals surface area contributed by atoms with Crippen molar-refractivity contribution in [1.82, 2.24) is 29.2 Å². The van der Waals surface area contributed by atoms with Crippen LogP contribution in [-0.2, 0) is 56.8 Å². The maximum absolute atomic E-state index is 13.1. The van der Waals surface area contributed by atoms with Gasteiger partial charge in [0.15, 0.2) is 0 Å². The zero-order valence-corrected chi connectivity index (χ0v) is 28.5. The first kappa shape index (κ1) is 32.7. The van der Waals surface area contributed by atoms with Gasteiger partial charge in [-0.25, -0.2) is 8.42 Å². The number of nitrogens with one attached hydrogen (secondary N) is 1. The van der Waals surface area contributed by atoms with Crippen LogP contribution in [0.3, 0.4) is 0 Å². The topological polar surface area (TPSA) is 109 Å².